The molecule has 2 aromatic rings. The third kappa shape index (κ3) is 25.6. The first kappa shape index (κ1) is 68.4. The molecular formula is C41H75N10O17P3S. The summed E-state index contributed by atoms with van der Waals surface area (Å²) >= 11 is 1.10. The van der Waals surface area contributed by atoms with E-state index in [1.165, 1.54) is 33.1 Å². The highest BCUT2D eigenvalue weighted by molar-refractivity contribution is 8.13. The summed E-state index contributed by atoms with van der Waals surface area (Å²) in [7, 11) is -17.3. The van der Waals surface area contributed by atoms with Gasteiger partial charge < -0.3 is 82.9 Å². The Balaban J connectivity index is 0.0000168. The van der Waals surface area contributed by atoms with E-state index in [1.54, 1.807) is 0 Å². The Bertz CT molecular complexity index is 2230. The molecule has 1 aliphatic rings. The summed E-state index contributed by atoms with van der Waals surface area (Å²) in [5.41, 5.74) is 4.12. The van der Waals surface area contributed by atoms with Crippen molar-refractivity contribution in [3.63, 3.8) is 0 Å². The van der Waals surface area contributed by atoms with E-state index in [-0.39, 0.29) is 60.1 Å². The van der Waals surface area contributed by atoms with Crippen LogP contribution in [-0.4, -0.2) is 108 Å². The summed E-state index contributed by atoms with van der Waals surface area (Å²) in [5.74, 6) is -1.18. The first-order chi connectivity index (χ1) is 32.6. The second kappa shape index (κ2) is 34.1. The van der Waals surface area contributed by atoms with Gasteiger partial charge in [0.15, 0.2) is 22.8 Å². The highest BCUT2D eigenvalue weighted by atomic mass is 32.2. The Kier molecular flexibility index (Phi) is 32.4. The smallest absolute Gasteiger partial charge is 0.274 e. The molecule has 2 aromatic heterocycles. The van der Waals surface area contributed by atoms with E-state index in [1.807, 2.05) is 0 Å². The van der Waals surface area contributed by atoms with Gasteiger partial charge in [-0.1, -0.05) is 94.0 Å². The van der Waals surface area contributed by atoms with Crippen LogP contribution in [0.4, 0.5) is 5.82 Å². The molecule has 3 rings (SSSR count). The molecule has 0 bridgehead atoms. The van der Waals surface area contributed by atoms with Gasteiger partial charge in [0.05, 0.1) is 19.5 Å². The molecule has 19 N–H and O–H groups in total. The number of aromatic nitrogens is 4. The lowest BCUT2D eigenvalue weighted by atomic mass is 9.87. The van der Waals surface area contributed by atoms with E-state index in [2.05, 4.69) is 99.0 Å². The summed E-state index contributed by atoms with van der Waals surface area (Å²) in [6, 6.07) is 0. The number of quaternary nitrogens is 3. The predicted octanol–water partition coefficient (Wildman–Crippen LogP) is 4.04. The van der Waals surface area contributed by atoms with Gasteiger partial charge in [0, 0.05) is 37.1 Å². The number of phosphoric acid groups is 3. The number of carbonyl (C=O) groups excluding carboxylic acids is 3. The van der Waals surface area contributed by atoms with Crippen molar-refractivity contribution in [2.45, 2.75) is 122 Å². The van der Waals surface area contributed by atoms with Crippen molar-refractivity contribution >= 4 is 69.1 Å². The van der Waals surface area contributed by atoms with E-state index in [9.17, 15) is 57.9 Å². The molecule has 0 radical (unpaired) electrons. The molecule has 0 aliphatic carbocycles. The Morgan fingerprint density at radius 3 is 2.10 bits per heavy atom. The molecule has 27 nitrogen and oxygen atoms in total. The van der Waals surface area contributed by atoms with Crippen LogP contribution in [0.15, 0.2) is 61.3 Å². The fourth-order valence-electron chi connectivity index (χ4n) is 6.27. The Morgan fingerprint density at radius 2 is 1.49 bits per heavy atom. The van der Waals surface area contributed by atoms with Gasteiger partial charge in [0.2, 0.25) is 11.8 Å². The van der Waals surface area contributed by atoms with Crippen LogP contribution in [0.2, 0.25) is 0 Å². The van der Waals surface area contributed by atoms with Crippen LogP contribution in [-0.2, 0) is 50.7 Å². The normalized spacial score (nSPS) is 20.1. The number of nitrogens with one attached hydrogen (secondary N) is 2. The lowest BCUT2D eigenvalue weighted by Gasteiger charge is -2.35. The number of aliphatic hydroxyl groups is 2. The van der Waals surface area contributed by atoms with Crippen molar-refractivity contribution in [3.05, 3.63) is 61.3 Å². The Hall–Kier alpha value is -3.60. The fourth-order valence-corrected chi connectivity index (χ4v) is 9.74. The number of hydrogen-bond donors (Lipinski definition) is 9. The Labute approximate surface area is 423 Å². The van der Waals surface area contributed by atoms with Gasteiger partial charge >= 0.3 is 0 Å². The van der Waals surface area contributed by atoms with Crippen molar-refractivity contribution < 1.29 is 80.5 Å². The second-order valence-electron chi connectivity index (χ2n) is 16.2. The minimum atomic E-state index is -5.91. The molecule has 0 aromatic carbocycles. The summed E-state index contributed by atoms with van der Waals surface area (Å²) in [6.45, 7) is 2.36. The molecule has 0 saturated carbocycles. The van der Waals surface area contributed by atoms with Crippen LogP contribution < -0.4 is 49.5 Å². The quantitative estimate of drug-likeness (QED) is 0.0276. The summed E-state index contributed by atoms with van der Waals surface area (Å²) in [4.78, 5) is 94.8. The van der Waals surface area contributed by atoms with Crippen LogP contribution >= 0.6 is 35.2 Å². The number of rotatable bonds is 33. The zero-order valence-corrected chi connectivity index (χ0v) is 45.1. The molecule has 8 unspecified atom stereocenters. The van der Waals surface area contributed by atoms with Crippen molar-refractivity contribution in [1.29, 1.82) is 0 Å². The van der Waals surface area contributed by atoms with Crippen molar-refractivity contribution in [2.24, 2.45) is 5.41 Å². The van der Waals surface area contributed by atoms with Crippen molar-refractivity contribution in [1.82, 2.24) is 48.6 Å². The SMILES string of the molecule is CCCCC/C=C/C/C=C/C/C=C/C/C=C/CCCC(=O)SCCNC(=O)CCNC(=O)C(O)C(C)(C)COP(=O)([O-])OP(=O)([O-])OCC1OC(n2cnc3c(N)ncnc32)C(O)C1OP(=O)([O-])O.[NH4+].[NH4+].[NH4+]. The van der Waals surface area contributed by atoms with Gasteiger partial charge in [-0.3, -0.25) is 32.6 Å². The zero-order valence-electron chi connectivity index (χ0n) is 41.6. The van der Waals surface area contributed by atoms with E-state index in [0.717, 1.165) is 61.1 Å². The molecule has 2 amide bonds. The maximum Gasteiger partial charge on any atom is 0.274 e. The molecule has 8 atom stereocenters. The number of imidazole rings is 1. The number of hydrogen-bond acceptors (Lipinski definition) is 21. The first-order valence-electron chi connectivity index (χ1n) is 22.1. The largest absolute Gasteiger partial charge is 0.756 e. The van der Waals surface area contributed by atoms with Crippen molar-refractivity contribution in [2.75, 3.05) is 37.8 Å². The minimum absolute atomic E-state index is 0. The van der Waals surface area contributed by atoms with E-state index < -0.39 is 84.6 Å². The number of anilines is 1. The highest BCUT2D eigenvalue weighted by Gasteiger charge is 2.48. The molecule has 1 fully saturated rings. The maximum absolute atomic E-state index is 12.6. The molecule has 1 aliphatic heterocycles. The number of allylic oxidation sites excluding steroid dienone is 8. The lowest BCUT2D eigenvalue weighted by molar-refractivity contribution is -0.247. The van der Waals surface area contributed by atoms with Crippen LogP contribution in [0.25, 0.3) is 11.2 Å². The summed E-state index contributed by atoms with van der Waals surface area (Å²) < 4.78 is 61.1. The average Bonchev–Trinajstić information content (AvgIpc) is 3.84. The van der Waals surface area contributed by atoms with E-state index in [4.69, 9.17) is 10.5 Å². The monoisotopic (exact) mass is 1100 g/mol. The van der Waals surface area contributed by atoms with Gasteiger partial charge in [-0.2, -0.15) is 0 Å². The van der Waals surface area contributed by atoms with Crippen molar-refractivity contribution in [3.8, 4) is 0 Å². The van der Waals surface area contributed by atoms with Gasteiger partial charge in [-0.25, -0.2) is 19.3 Å². The topological polar surface area (TPSA) is 482 Å². The molecule has 412 valence electrons. The number of unbranched alkanes of at least 4 members (excludes halogenated alkanes) is 4. The number of fused-ring (bicyclic) bond motifs is 1. The number of carbonyl (C=O) groups is 3. The standard InChI is InChI=1S/C41H66N7O17P3S.3H3N/c1-4-5-6-7-8-9-10-11-12-13-14-15-16-17-18-19-20-21-32(50)69-25-24-43-31(49)22-23-44-39(53)36(52)41(2,3)27-62-68(59,60)65-67(57,58)61-26-30-35(64-66(54,55)56)34(51)40(63-30)48-29-47-33-37(42)45-28-46-38(33)48;;;/h8-9,11-12,14-15,17-18,28-30,34-36,40,51-52H,4-7,10,13,16,19-27H2,1-3H3,(H,43,49)(H,44,53)(H,57,58)(H,59,60)(H2,42,45,46)(H2,54,55,56);3*1H3/b9-8+,12-11+,15-14+,18-17+;;;. The predicted molar refractivity (Wildman–Crippen MR) is 267 cm³/mol. The summed E-state index contributed by atoms with van der Waals surface area (Å²) in [5, 5.41) is 26.4. The number of aliphatic hydroxyl groups excluding tert-OH is 2. The van der Waals surface area contributed by atoms with Gasteiger partial charge in [-0.15, -0.1) is 0 Å². The van der Waals surface area contributed by atoms with E-state index in [0.29, 0.717) is 18.6 Å². The zero-order chi connectivity index (χ0) is 51.1. The lowest BCUT2D eigenvalue weighted by Crippen LogP contribution is -2.46. The minimum Gasteiger partial charge on any atom is -0.756 e. The Morgan fingerprint density at radius 1 is 0.889 bits per heavy atom. The molecular weight excluding hydrogens is 1030 g/mol. The van der Waals surface area contributed by atoms with E-state index >= 15 is 0 Å². The fraction of sp³-hybridized carbons (Fsp3) is 0.610. The molecule has 0 spiro atoms. The number of phosphoric ester groups is 3. The molecule has 1 saturated heterocycles. The van der Waals surface area contributed by atoms with Gasteiger partial charge in [0.25, 0.3) is 23.5 Å². The van der Waals surface area contributed by atoms with Crippen LogP contribution in [0.1, 0.15) is 97.6 Å². The number of nitrogens with zero attached hydrogens (tertiary/aromatic N) is 4. The summed E-state index contributed by atoms with van der Waals surface area (Å²) in [6.07, 6.45) is 19.2. The number of thioether (sulfide) groups is 1. The maximum atomic E-state index is 12.6. The molecule has 3 heterocycles. The third-order valence-electron chi connectivity index (χ3n) is 9.95. The molecule has 31 heteroatoms. The third-order valence-corrected chi connectivity index (χ3v) is 13.9. The number of nitrogens with two attached hydrogens (primary N) is 1. The number of ether oxygens (including phenoxy) is 1. The molecule has 72 heavy (non-hydrogen) atoms. The number of nitrogen functional groups attached to an aromatic ring is 1. The van der Waals surface area contributed by atoms with Crippen LogP contribution in [0.5, 0.6) is 0 Å². The highest BCUT2D eigenvalue weighted by Crippen LogP contribution is 2.56. The number of amides is 2. The second-order valence-corrected chi connectivity index (χ2v) is 21.5. The first-order valence-corrected chi connectivity index (χ1v) is 27.6. The van der Waals surface area contributed by atoms with Gasteiger partial charge in [0.1, 0.15) is 36.3 Å². The van der Waals surface area contributed by atoms with Crippen LogP contribution in [0, 0.1) is 5.41 Å². The average molecular weight is 1110 g/mol. The van der Waals surface area contributed by atoms with Crippen LogP contribution in [0.3, 0.4) is 0 Å². The van der Waals surface area contributed by atoms with Gasteiger partial charge in [-0.05, 0) is 44.9 Å².